The smallest absolute Gasteiger partial charge is 0.0102 e. The Morgan fingerprint density at radius 2 is 0.848 bits per heavy atom. The highest BCUT2D eigenvalue weighted by Crippen LogP contribution is 2.57. The number of fused-ring (bicyclic) bond motifs is 3. The summed E-state index contributed by atoms with van der Waals surface area (Å²) < 4.78 is 0. The summed E-state index contributed by atoms with van der Waals surface area (Å²) in [5.41, 5.74) is 2.02. The maximum atomic E-state index is 3.17. The second-order valence-electron chi connectivity index (χ2n) is 13.4. The number of hydrogen-bond acceptors (Lipinski definition) is 1. The van der Waals surface area contributed by atoms with E-state index in [9.17, 15) is 0 Å². The van der Waals surface area contributed by atoms with Crippen molar-refractivity contribution in [2.75, 3.05) is 0 Å². The Kier molecular flexibility index (Phi) is 7.54. The zero-order chi connectivity index (χ0) is 22.0. The summed E-state index contributed by atoms with van der Waals surface area (Å²) in [4.78, 5) is 3.17. The van der Waals surface area contributed by atoms with Crippen LogP contribution in [0.5, 0.6) is 0 Å². The molecule has 6 aliphatic carbocycles. The van der Waals surface area contributed by atoms with E-state index in [1.807, 2.05) is 5.57 Å². The summed E-state index contributed by atoms with van der Waals surface area (Å²) in [7, 11) is 0. The lowest BCUT2D eigenvalue weighted by Crippen LogP contribution is -2.51. The average molecular weight is 452 g/mol. The van der Waals surface area contributed by atoms with E-state index in [2.05, 4.69) is 11.0 Å². The van der Waals surface area contributed by atoms with E-state index in [1.165, 1.54) is 128 Å². The number of allylic oxidation sites excluding steroid dienone is 2. The third-order valence-electron chi connectivity index (χ3n) is 11.6. The lowest BCUT2D eigenvalue weighted by Gasteiger charge is -2.48. The molecule has 0 N–H and O–H groups in total. The molecule has 6 rings (SSSR count). The Hall–Kier alpha value is -0.300. The molecule has 0 aliphatic heterocycles. The van der Waals surface area contributed by atoms with Gasteiger partial charge >= 0.3 is 0 Å². The Morgan fingerprint density at radius 1 is 0.424 bits per heavy atom. The molecule has 0 aromatic carbocycles. The topological polar surface area (TPSA) is 3.24 Å². The van der Waals surface area contributed by atoms with Gasteiger partial charge in [-0.2, -0.15) is 0 Å². The van der Waals surface area contributed by atoms with Crippen LogP contribution in [0, 0.1) is 29.6 Å². The molecule has 1 heteroatoms. The molecule has 1 nitrogen and oxygen atoms in total. The van der Waals surface area contributed by atoms with Gasteiger partial charge in [-0.3, -0.25) is 4.90 Å². The maximum Gasteiger partial charge on any atom is 0.0102 e. The molecule has 6 saturated carbocycles. The lowest BCUT2D eigenvalue weighted by atomic mass is 9.73. The molecular weight excluding hydrogens is 398 g/mol. The van der Waals surface area contributed by atoms with Crippen molar-refractivity contribution < 1.29 is 0 Å². The monoisotopic (exact) mass is 451 g/mol. The van der Waals surface area contributed by atoms with E-state index in [1.54, 1.807) is 12.8 Å². The van der Waals surface area contributed by atoms with Crippen LogP contribution >= 0.6 is 0 Å². The standard InChI is InChI=1S/C32H53N/c1-3-11-25(12-4-1)33(26-13-5-2-6-14-26)27-21-19-24(20-22-27)23-32-30-17-9-7-15-28(30)29-16-8-10-18-31(29)32/h23-31H,1-22H2. The van der Waals surface area contributed by atoms with E-state index in [4.69, 9.17) is 0 Å². The van der Waals surface area contributed by atoms with Crippen molar-refractivity contribution in [1.82, 2.24) is 4.90 Å². The molecule has 0 heterocycles. The van der Waals surface area contributed by atoms with Gasteiger partial charge in [0.2, 0.25) is 0 Å². The minimum atomic E-state index is 0.916. The van der Waals surface area contributed by atoms with Crippen LogP contribution in [-0.4, -0.2) is 23.0 Å². The minimum absolute atomic E-state index is 0.916. The van der Waals surface area contributed by atoms with Gasteiger partial charge in [0.25, 0.3) is 0 Å². The van der Waals surface area contributed by atoms with Gasteiger partial charge in [-0.15, -0.1) is 0 Å². The van der Waals surface area contributed by atoms with E-state index < -0.39 is 0 Å². The molecule has 0 bridgehead atoms. The largest absolute Gasteiger partial charge is 0.294 e. The second kappa shape index (κ2) is 10.8. The van der Waals surface area contributed by atoms with Crippen LogP contribution < -0.4 is 0 Å². The molecule has 4 atom stereocenters. The molecule has 0 aromatic rings. The molecule has 0 aromatic heterocycles. The van der Waals surface area contributed by atoms with E-state index in [-0.39, 0.29) is 0 Å². The molecule has 33 heavy (non-hydrogen) atoms. The number of hydrogen-bond donors (Lipinski definition) is 0. The summed E-state index contributed by atoms with van der Waals surface area (Å²) in [5, 5.41) is 0. The summed E-state index contributed by atoms with van der Waals surface area (Å²) >= 11 is 0. The third kappa shape index (κ3) is 4.88. The molecule has 0 spiro atoms. The summed E-state index contributed by atoms with van der Waals surface area (Å²) in [6, 6.07) is 2.78. The quantitative estimate of drug-likeness (QED) is 0.385. The summed E-state index contributed by atoms with van der Waals surface area (Å²) in [5.74, 6) is 5.09. The van der Waals surface area contributed by atoms with Crippen molar-refractivity contribution in [2.45, 2.75) is 159 Å². The fourth-order valence-electron chi connectivity index (χ4n) is 10.2. The van der Waals surface area contributed by atoms with Crippen molar-refractivity contribution in [3.05, 3.63) is 11.6 Å². The fraction of sp³-hybridized carbons (Fsp3) is 0.938. The number of rotatable bonds is 4. The third-order valence-corrected chi connectivity index (χ3v) is 11.6. The second-order valence-corrected chi connectivity index (χ2v) is 13.4. The normalized spacial score (nSPS) is 41.1. The first-order chi connectivity index (χ1) is 16.4. The van der Waals surface area contributed by atoms with Gasteiger partial charge in [0.15, 0.2) is 0 Å². The first kappa shape index (κ1) is 23.1. The minimum Gasteiger partial charge on any atom is -0.294 e. The van der Waals surface area contributed by atoms with Crippen LogP contribution in [0.2, 0.25) is 0 Å². The van der Waals surface area contributed by atoms with E-state index in [0.29, 0.717) is 0 Å². The summed E-state index contributed by atoms with van der Waals surface area (Å²) in [6.45, 7) is 0. The van der Waals surface area contributed by atoms with Crippen molar-refractivity contribution in [2.24, 2.45) is 29.6 Å². The Morgan fingerprint density at radius 3 is 1.36 bits per heavy atom. The van der Waals surface area contributed by atoms with E-state index in [0.717, 1.165) is 47.7 Å². The van der Waals surface area contributed by atoms with Gasteiger partial charge in [0, 0.05) is 18.1 Å². The van der Waals surface area contributed by atoms with Crippen LogP contribution in [0.15, 0.2) is 11.6 Å². The molecule has 6 fully saturated rings. The highest BCUT2D eigenvalue weighted by Gasteiger charge is 2.48. The van der Waals surface area contributed by atoms with Crippen LogP contribution in [0.4, 0.5) is 0 Å². The van der Waals surface area contributed by atoms with Crippen LogP contribution in [0.3, 0.4) is 0 Å². The molecule has 186 valence electrons. The van der Waals surface area contributed by atoms with Crippen LogP contribution in [-0.2, 0) is 0 Å². The first-order valence-electron chi connectivity index (χ1n) is 15.9. The van der Waals surface area contributed by atoms with Crippen molar-refractivity contribution in [3.63, 3.8) is 0 Å². The molecule has 0 saturated heterocycles. The van der Waals surface area contributed by atoms with Crippen LogP contribution in [0.25, 0.3) is 0 Å². The maximum absolute atomic E-state index is 3.17. The van der Waals surface area contributed by atoms with Gasteiger partial charge in [-0.1, -0.05) is 75.9 Å². The molecule has 0 radical (unpaired) electrons. The molecule has 6 aliphatic rings. The van der Waals surface area contributed by atoms with Gasteiger partial charge in [0.05, 0.1) is 0 Å². The van der Waals surface area contributed by atoms with Crippen molar-refractivity contribution in [3.8, 4) is 0 Å². The fourth-order valence-corrected chi connectivity index (χ4v) is 10.2. The predicted molar refractivity (Wildman–Crippen MR) is 140 cm³/mol. The predicted octanol–water partition coefficient (Wildman–Crippen LogP) is 9.07. The molecular formula is C32H53N. The van der Waals surface area contributed by atoms with Crippen molar-refractivity contribution in [1.29, 1.82) is 0 Å². The number of nitrogens with zero attached hydrogens (tertiary/aromatic N) is 1. The van der Waals surface area contributed by atoms with Crippen molar-refractivity contribution >= 4 is 0 Å². The van der Waals surface area contributed by atoms with Gasteiger partial charge in [0.1, 0.15) is 0 Å². The van der Waals surface area contributed by atoms with E-state index >= 15 is 0 Å². The SMILES string of the molecule is C(=C1C2CCCCC2C2CCCCC12)C1CCC(N(C2CCCCC2)C2CCCCC2)CC1. The van der Waals surface area contributed by atoms with Gasteiger partial charge in [-0.25, -0.2) is 0 Å². The zero-order valence-corrected chi connectivity index (χ0v) is 21.7. The van der Waals surface area contributed by atoms with Gasteiger partial charge in [-0.05, 0) is 107 Å². The zero-order valence-electron chi connectivity index (χ0n) is 21.7. The molecule has 0 amide bonds. The highest BCUT2D eigenvalue weighted by atomic mass is 15.2. The lowest BCUT2D eigenvalue weighted by molar-refractivity contribution is 0.0181. The highest BCUT2D eigenvalue weighted by molar-refractivity contribution is 5.23. The van der Waals surface area contributed by atoms with Gasteiger partial charge < -0.3 is 0 Å². The molecule has 4 unspecified atom stereocenters. The average Bonchev–Trinajstić information content (AvgIpc) is 3.20. The Balaban J connectivity index is 1.14. The Labute approximate surface area is 205 Å². The first-order valence-corrected chi connectivity index (χ1v) is 15.9. The van der Waals surface area contributed by atoms with Crippen LogP contribution in [0.1, 0.15) is 141 Å². The Bertz CT molecular complexity index is 603. The summed E-state index contributed by atoms with van der Waals surface area (Å²) in [6.07, 6.45) is 36.3.